The fourth-order valence-corrected chi connectivity index (χ4v) is 2.14. The zero-order chi connectivity index (χ0) is 14.5. The second-order valence-corrected chi connectivity index (χ2v) is 4.86. The highest BCUT2D eigenvalue weighted by molar-refractivity contribution is 5.66. The first kappa shape index (κ1) is 14.6. The first-order chi connectivity index (χ1) is 9.61. The van der Waals surface area contributed by atoms with Gasteiger partial charge in [0.25, 0.3) is 0 Å². The topological polar surface area (TPSA) is 49.7 Å². The Labute approximate surface area is 119 Å². The molecule has 2 aromatic carbocycles. The number of ether oxygens (including phenoxy) is 1. The van der Waals surface area contributed by atoms with Crippen LogP contribution in [0.4, 0.5) is 0 Å². The highest BCUT2D eigenvalue weighted by Gasteiger charge is 2.10. The summed E-state index contributed by atoms with van der Waals surface area (Å²) in [7, 11) is 0. The third kappa shape index (κ3) is 3.38. The molecular weight excluding hydrogens is 252 g/mol. The van der Waals surface area contributed by atoms with Crippen molar-refractivity contribution in [2.75, 3.05) is 13.2 Å². The second kappa shape index (κ2) is 6.55. The molecule has 1 atom stereocenters. The molecule has 0 aliphatic carbocycles. The average molecular weight is 271 g/mol. The Morgan fingerprint density at radius 3 is 2.45 bits per heavy atom. The molecule has 0 heterocycles. The van der Waals surface area contributed by atoms with E-state index in [1.807, 2.05) is 50.2 Å². The van der Waals surface area contributed by atoms with E-state index in [-0.39, 0.29) is 13.2 Å². The Hall–Kier alpha value is -1.84. The van der Waals surface area contributed by atoms with Crippen LogP contribution in [-0.4, -0.2) is 29.5 Å². The summed E-state index contributed by atoms with van der Waals surface area (Å²) in [5.74, 6) is 0.761. The average Bonchev–Trinajstić information content (AvgIpc) is 2.46. The quantitative estimate of drug-likeness (QED) is 0.878. The van der Waals surface area contributed by atoms with Crippen molar-refractivity contribution in [2.24, 2.45) is 0 Å². The van der Waals surface area contributed by atoms with Crippen LogP contribution >= 0.6 is 0 Å². The van der Waals surface area contributed by atoms with E-state index in [4.69, 9.17) is 9.84 Å². The number of hydrogen-bond acceptors (Lipinski definition) is 3. The van der Waals surface area contributed by atoms with Crippen LogP contribution in [0.15, 0.2) is 36.4 Å². The van der Waals surface area contributed by atoms with Crippen molar-refractivity contribution in [3.63, 3.8) is 0 Å². The van der Waals surface area contributed by atoms with Crippen LogP contribution in [0.2, 0.25) is 0 Å². The Bertz CT molecular complexity index is 541. The van der Waals surface area contributed by atoms with Gasteiger partial charge in [0.15, 0.2) is 0 Å². The van der Waals surface area contributed by atoms with Crippen LogP contribution in [0.25, 0.3) is 11.1 Å². The van der Waals surface area contributed by atoms with Crippen molar-refractivity contribution < 1.29 is 14.9 Å². The summed E-state index contributed by atoms with van der Waals surface area (Å²) >= 11 is 0. The molecule has 0 aromatic heterocycles. The highest BCUT2D eigenvalue weighted by atomic mass is 16.5. The number of aliphatic hydroxyl groups excluding tert-OH is 2. The molecule has 1 radical (unpaired) electrons. The minimum absolute atomic E-state index is 0.0923. The molecular formula is C17H19O3. The summed E-state index contributed by atoms with van der Waals surface area (Å²) in [4.78, 5) is 0. The molecule has 2 N–H and O–H groups in total. The Kier molecular flexibility index (Phi) is 4.77. The van der Waals surface area contributed by atoms with Crippen molar-refractivity contribution in [3.8, 4) is 16.9 Å². The van der Waals surface area contributed by atoms with Crippen molar-refractivity contribution in [3.05, 3.63) is 53.6 Å². The van der Waals surface area contributed by atoms with Crippen LogP contribution in [0.3, 0.4) is 0 Å². The summed E-state index contributed by atoms with van der Waals surface area (Å²) in [5, 5.41) is 18.2. The molecule has 0 unspecified atom stereocenters. The monoisotopic (exact) mass is 271 g/mol. The molecule has 0 spiro atoms. The molecule has 105 valence electrons. The lowest BCUT2D eigenvalue weighted by atomic mass is 10.00. The van der Waals surface area contributed by atoms with Gasteiger partial charge in [0.1, 0.15) is 18.5 Å². The molecule has 2 rings (SSSR count). The van der Waals surface area contributed by atoms with Gasteiger partial charge >= 0.3 is 0 Å². The molecule has 0 amide bonds. The van der Waals surface area contributed by atoms with Gasteiger partial charge in [-0.05, 0) is 54.3 Å². The normalized spacial score (nSPS) is 12.2. The molecule has 0 aliphatic rings. The summed E-state index contributed by atoms with van der Waals surface area (Å²) in [5.41, 5.74) is 4.14. The number of rotatable bonds is 5. The largest absolute Gasteiger partial charge is 0.490 e. The maximum atomic E-state index is 9.35. The third-order valence-corrected chi connectivity index (χ3v) is 3.11. The van der Waals surface area contributed by atoms with Crippen LogP contribution in [0.5, 0.6) is 5.75 Å². The van der Waals surface area contributed by atoms with E-state index in [0.717, 1.165) is 28.0 Å². The fourth-order valence-electron chi connectivity index (χ4n) is 2.14. The van der Waals surface area contributed by atoms with Crippen molar-refractivity contribution >= 4 is 0 Å². The standard InChI is InChI=1S/C17H19O3/c1-12-8-15(14-6-4-3-5-7-14)9-13(2)17(12)20-11-16(19)10-18/h3-6,8-9,16,18-19H,10-11H2,1-2H3/t16-/m1/s1. The molecule has 2 aromatic rings. The number of aliphatic hydroxyl groups is 2. The van der Waals surface area contributed by atoms with Gasteiger partial charge in [0.05, 0.1) is 6.61 Å². The molecule has 20 heavy (non-hydrogen) atoms. The fraction of sp³-hybridized carbons (Fsp3) is 0.294. The minimum atomic E-state index is -0.851. The maximum absolute atomic E-state index is 9.35. The smallest absolute Gasteiger partial charge is 0.125 e. The summed E-state index contributed by atoms with van der Waals surface area (Å²) in [6.07, 6.45) is -0.851. The number of hydrogen-bond donors (Lipinski definition) is 2. The Balaban J connectivity index is 2.25. The van der Waals surface area contributed by atoms with Crippen LogP contribution in [0, 0.1) is 19.9 Å². The van der Waals surface area contributed by atoms with Gasteiger partial charge in [-0.3, -0.25) is 0 Å². The predicted molar refractivity (Wildman–Crippen MR) is 78.8 cm³/mol. The lowest BCUT2D eigenvalue weighted by molar-refractivity contribution is 0.0532. The van der Waals surface area contributed by atoms with Crippen molar-refractivity contribution in [1.29, 1.82) is 0 Å². The summed E-state index contributed by atoms with van der Waals surface area (Å²) in [6.45, 7) is 3.74. The molecule has 3 heteroatoms. The van der Waals surface area contributed by atoms with E-state index in [2.05, 4.69) is 6.07 Å². The Morgan fingerprint density at radius 1 is 1.20 bits per heavy atom. The van der Waals surface area contributed by atoms with Crippen LogP contribution in [-0.2, 0) is 0 Å². The molecule has 0 fully saturated rings. The first-order valence-electron chi connectivity index (χ1n) is 6.62. The number of benzene rings is 2. The third-order valence-electron chi connectivity index (χ3n) is 3.11. The zero-order valence-corrected chi connectivity index (χ0v) is 11.8. The minimum Gasteiger partial charge on any atom is -0.490 e. The van der Waals surface area contributed by atoms with E-state index in [1.54, 1.807) is 0 Å². The van der Waals surface area contributed by atoms with Gasteiger partial charge in [0.2, 0.25) is 0 Å². The first-order valence-corrected chi connectivity index (χ1v) is 6.62. The maximum Gasteiger partial charge on any atom is 0.125 e. The number of aryl methyl sites for hydroxylation is 2. The summed E-state index contributed by atoms with van der Waals surface area (Å²) in [6, 6.07) is 15.1. The van der Waals surface area contributed by atoms with Crippen molar-refractivity contribution in [2.45, 2.75) is 20.0 Å². The van der Waals surface area contributed by atoms with E-state index in [0.29, 0.717) is 0 Å². The van der Waals surface area contributed by atoms with Crippen LogP contribution in [0.1, 0.15) is 11.1 Å². The molecule has 0 aliphatic heterocycles. The molecule has 0 bridgehead atoms. The lowest BCUT2D eigenvalue weighted by Gasteiger charge is -2.16. The van der Waals surface area contributed by atoms with Crippen LogP contribution < -0.4 is 4.74 Å². The van der Waals surface area contributed by atoms with E-state index >= 15 is 0 Å². The molecule has 0 saturated heterocycles. The second-order valence-electron chi connectivity index (χ2n) is 4.86. The summed E-state index contributed by atoms with van der Waals surface area (Å²) < 4.78 is 5.59. The Morgan fingerprint density at radius 2 is 1.90 bits per heavy atom. The predicted octanol–water partition coefficient (Wildman–Crippen LogP) is 2.50. The van der Waals surface area contributed by atoms with Gasteiger partial charge in [0, 0.05) is 0 Å². The van der Waals surface area contributed by atoms with Gasteiger partial charge in [-0.15, -0.1) is 0 Å². The molecule has 3 nitrogen and oxygen atoms in total. The van der Waals surface area contributed by atoms with Gasteiger partial charge < -0.3 is 14.9 Å². The highest BCUT2D eigenvalue weighted by Crippen LogP contribution is 2.29. The SMILES string of the molecule is Cc1cc(-c2[c]cccc2)cc(C)c1OC[C@H](O)CO. The van der Waals surface area contributed by atoms with E-state index < -0.39 is 6.10 Å². The van der Waals surface area contributed by atoms with E-state index in [9.17, 15) is 5.11 Å². The van der Waals surface area contributed by atoms with Gasteiger partial charge in [-0.25, -0.2) is 0 Å². The van der Waals surface area contributed by atoms with Crippen molar-refractivity contribution in [1.82, 2.24) is 0 Å². The van der Waals surface area contributed by atoms with Gasteiger partial charge in [-0.2, -0.15) is 0 Å². The van der Waals surface area contributed by atoms with Gasteiger partial charge in [-0.1, -0.05) is 24.3 Å². The van der Waals surface area contributed by atoms with E-state index in [1.165, 1.54) is 0 Å². The molecule has 0 saturated carbocycles. The lowest BCUT2D eigenvalue weighted by Crippen LogP contribution is -2.21. The zero-order valence-electron chi connectivity index (χ0n) is 11.8.